The first-order valence-corrected chi connectivity index (χ1v) is 11.1. The van der Waals surface area contributed by atoms with Crippen molar-refractivity contribution in [2.45, 2.75) is 19.0 Å². The molecule has 1 aliphatic rings. The minimum absolute atomic E-state index is 0.296. The maximum atomic E-state index is 14.5. The van der Waals surface area contributed by atoms with Gasteiger partial charge < -0.3 is 9.47 Å². The summed E-state index contributed by atoms with van der Waals surface area (Å²) in [5.74, 6) is -1.30. The van der Waals surface area contributed by atoms with Gasteiger partial charge in [-0.05, 0) is 83.6 Å². The summed E-state index contributed by atoms with van der Waals surface area (Å²) in [4.78, 5) is 13.2. The third-order valence-electron chi connectivity index (χ3n) is 5.87. The molecule has 3 aromatic rings. The van der Waals surface area contributed by atoms with Crippen LogP contribution in [0.4, 0.5) is 8.78 Å². The third-order valence-corrected chi connectivity index (χ3v) is 5.87. The summed E-state index contributed by atoms with van der Waals surface area (Å²) in [6, 6.07) is 20.8. The Labute approximate surface area is 198 Å². The molecule has 0 N–H and O–H groups in total. The minimum Gasteiger partial charge on any atom is -0.497 e. The smallest absolute Gasteiger partial charge is 0.175 e. The standard InChI is InChI=1S/C29H26F2O3/c1-33-24-8-3-6-19(17-24)12-21-14-22(13-20-7-4-9-25(18-20)34-2)16-23(15-21)29(32)28-26(30)10-5-11-27(28)31/h3-11,14-18,26,28H,12-13H2,1-2H3. The molecule has 0 aliphatic heterocycles. The summed E-state index contributed by atoms with van der Waals surface area (Å²) in [5.41, 5.74) is 4.06. The molecule has 0 bridgehead atoms. The van der Waals surface area contributed by atoms with Crippen LogP contribution >= 0.6 is 0 Å². The van der Waals surface area contributed by atoms with Crippen LogP contribution in [0.5, 0.6) is 11.5 Å². The van der Waals surface area contributed by atoms with E-state index in [-0.39, 0.29) is 0 Å². The number of halogens is 2. The van der Waals surface area contributed by atoms with E-state index in [2.05, 4.69) is 0 Å². The number of allylic oxidation sites excluding steroid dienone is 4. The van der Waals surface area contributed by atoms with Gasteiger partial charge in [-0.2, -0.15) is 0 Å². The number of Topliss-reactive ketones (excluding diaryl/α,β-unsaturated/α-hetero) is 1. The quantitative estimate of drug-likeness (QED) is 0.363. The average Bonchev–Trinajstić information content (AvgIpc) is 2.84. The van der Waals surface area contributed by atoms with Crippen LogP contribution in [0.15, 0.2) is 90.8 Å². The Morgan fingerprint density at radius 3 is 1.88 bits per heavy atom. The fraction of sp³-hybridized carbons (Fsp3) is 0.207. The number of ether oxygens (including phenoxy) is 2. The zero-order chi connectivity index (χ0) is 24.1. The Hall–Kier alpha value is -3.73. The van der Waals surface area contributed by atoms with Crippen molar-refractivity contribution < 1.29 is 23.0 Å². The van der Waals surface area contributed by atoms with E-state index >= 15 is 0 Å². The van der Waals surface area contributed by atoms with E-state index < -0.39 is 23.7 Å². The molecule has 3 aromatic carbocycles. The van der Waals surface area contributed by atoms with Crippen molar-refractivity contribution in [2.75, 3.05) is 14.2 Å². The average molecular weight is 461 g/mol. The lowest BCUT2D eigenvalue weighted by Crippen LogP contribution is -2.26. The molecular weight excluding hydrogens is 434 g/mol. The van der Waals surface area contributed by atoms with Crippen LogP contribution < -0.4 is 9.47 Å². The molecule has 0 amide bonds. The molecule has 3 nitrogen and oxygen atoms in total. The highest BCUT2D eigenvalue weighted by Gasteiger charge is 2.33. The number of benzene rings is 3. The molecule has 5 heteroatoms. The molecule has 4 rings (SSSR count). The van der Waals surface area contributed by atoms with Crippen molar-refractivity contribution in [2.24, 2.45) is 5.92 Å². The van der Waals surface area contributed by atoms with Gasteiger partial charge in [-0.3, -0.25) is 4.79 Å². The van der Waals surface area contributed by atoms with Crippen molar-refractivity contribution in [3.63, 3.8) is 0 Å². The van der Waals surface area contributed by atoms with E-state index in [1.54, 1.807) is 26.4 Å². The van der Waals surface area contributed by atoms with Crippen LogP contribution in [0.1, 0.15) is 32.6 Å². The lowest BCUT2D eigenvalue weighted by molar-refractivity contribution is 0.0877. The lowest BCUT2D eigenvalue weighted by atomic mass is 9.87. The summed E-state index contributed by atoms with van der Waals surface area (Å²) in [5, 5.41) is 0. The van der Waals surface area contributed by atoms with Crippen LogP contribution in [0.3, 0.4) is 0 Å². The summed E-state index contributed by atoms with van der Waals surface area (Å²) in [7, 11) is 3.22. The van der Waals surface area contributed by atoms with E-state index in [9.17, 15) is 13.6 Å². The number of alkyl halides is 1. The fourth-order valence-corrected chi connectivity index (χ4v) is 4.22. The zero-order valence-corrected chi connectivity index (χ0v) is 19.1. The normalized spacial score (nSPS) is 17.2. The number of carbonyl (C=O) groups excluding carboxylic acids is 1. The lowest BCUT2D eigenvalue weighted by Gasteiger charge is -2.19. The molecule has 0 spiro atoms. The van der Waals surface area contributed by atoms with Crippen molar-refractivity contribution in [3.8, 4) is 11.5 Å². The molecule has 34 heavy (non-hydrogen) atoms. The number of rotatable bonds is 8. The highest BCUT2D eigenvalue weighted by atomic mass is 19.1. The van der Waals surface area contributed by atoms with E-state index in [4.69, 9.17) is 9.47 Å². The van der Waals surface area contributed by atoms with Gasteiger partial charge in [0.2, 0.25) is 0 Å². The fourth-order valence-electron chi connectivity index (χ4n) is 4.22. The molecule has 0 fully saturated rings. The van der Waals surface area contributed by atoms with Crippen LogP contribution in [-0.2, 0) is 12.8 Å². The third kappa shape index (κ3) is 5.42. The summed E-state index contributed by atoms with van der Waals surface area (Å²) in [6.07, 6.45) is 3.06. The van der Waals surface area contributed by atoms with Gasteiger partial charge >= 0.3 is 0 Å². The first-order valence-electron chi connectivity index (χ1n) is 11.1. The number of hydrogen-bond donors (Lipinski definition) is 0. The second-order valence-electron chi connectivity index (χ2n) is 8.32. The second kappa shape index (κ2) is 10.5. The van der Waals surface area contributed by atoms with Gasteiger partial charge in [0.15, 0.2) is 5.78 Å². The Morgan fingerprint density at radius 2 is 1.38 bits per heavy atom. The highest BCUT2D eigenvalue weighted by molar-refractivity contribution is 6.00. The summed E-state index contributed by atoms with van der Waals surface area (Å²) >= 11 is 0. The van der Waals surface area contributed by atoms with Gasteiger partial charge in [0.05, 0.1) is 14.2 Å². The zero-order valence-electron chi connectivity index (χ0n) is 19.1. The van der Waals surface area contributed by atoms with Gasteiger partial charge in [-0.25, -0.2) is 8.78 Å². The van der Waals surface area contributed by atoms with Crippen molar-refractivity contribution in [3.05, 3.63) is 119 Å². The summed E-state index contributed by atoms with van der Waals surface area (Å²) in [6.45, 7) is 0. The first kappa shape index (κ1) is 23.4. The van der Waals surface area contributed by atoms with E-state index in [1.165, 1.54) is 12.2 Å². The minimum atomic E-state index is -1.69. The van der Waals surface area contributed by atoms with Gasteiger partial charge in [-0.15, -0.1) is 0 Å². The Bertz CT molecular complexity index is 1180. The predicted octanol–water partition coefficient (Wildman–Crippen LogP) is 6.45. The Kier molecular flexibility index (Phi) is 7.21. The molecule has 0 heterocycles. The molecule has 0 saturated carbocycles. The predicted molar refractivity (Wildman–Crippen MR) is 129 cm³/mol. The van der Waals surface area contributed by atoms with Gasteiger partial charge in [-0.1, -0.05) is 36.4 Å². The monoisotopic (exact) mass is 460 g/mol. The highest BCUT2D eigenvalue weighted by Crippen LogP contribution is 2.30. The van der Waals surface area contributed by atoms with E-state index in [0.717, 1.165) is 39.8 Å². The SMILES string of the molecule is COc1cccc(Cc2cc(Cc3cccc(OC)c3)cc(C(=O)C3C(F)=CC=CC3F)c2)c1. The maximum Gasteiger partial charge on any atom is 0.175 e. The van der Waals surface area contributed by atoms with E-state index in [1.807, 2.05) is 54.6 Å². The van der Waals surface area contributed by atoms with Crippen LogP contribution in [0.2, 0.25) is 0 Å². The van der Waals surface area contributed by atoms with Crippen molar-refractivity contribution >= 4 is 5.78 Å². The topological polar surface area (TPSA) is 35.5 Å². The number of carbonyl (C=O) groups is 1. The first-order chi connectivity index (χ1) is 16.5. The van der Waals surface area contributed by atoms with Crippen LogP contribution in [0.25, 0.3) is 0 Å². The summed E-state index contributed by atoms with van der Waals surface area (Å²) < 4.78 is 39.5. The van der Waals surface area contributed by atoms with Crippen molar-refractivity contribution in [1.82, 2.24) is 0 Å². The Balaban J connectivity index is 1.71. The van der Waals surface area contributed by atoms with Gasteiger partial charge in [0.1, 0.15) is 29.4 Å². The maximum absolute atomic E-state index is 14.5. The molecule has 0 aromatic heterocycles. The number of ketones is 1. The molecule has 1 aliphatic carbocycles. The second-order valence-corrected chi connectivity index (χ2v) is 8.32. The molecule has 174 valence electrons. The molecule has 2 unspecified atom stereocenters. The van der Waals surface area contributed by atoms with Gasteiger partial charge in [0.25, 0.3) is 0 Å². The van der Waals surface area contributed by atoms with Crippen molar-refractivity contribution in [1.29, 1.82) is 0 Å². The van der Waals surface area contributed by atoms with Crippen LogP contribution in [-0.4, -0.2) is 26.2 Å². The molecule has 0 saturated heterocycles. The van der Waals surface area contributed by atoms with Gasteiger partial charge in [0, 0.05) is 5.56 Å². The molecule has 0 radical (unpaired) electrons. The molecular formula is C29H26F2O3. The van der Waals surface area contributed by atoms with Crippen LogP contribution in [0, 0.1) is 5.92 Å². The Morgan fingerprint density at radius 1 is 0.824 bits per heavy atom. The number of hydrogen-bond acceptors (Lipinski definition) is 3. The largest absolute Gasteiger partial charge is 0.497 e. The molecule has 2 atom stereocenters. The van der Waals surface area contributed by atoms with E-state index in [0.29, 0.717) is 18.4 Å². The number of methoxy groups -OCH3 is 2.